The van der Waals surface area contributed by atoms with E-state index in [9.17, 15) is 4.79 Å². The van der Waals surface area contributed by atoms with Crippen LogP contribution in [0.3, 0.4) is 0 Å². The standard InChI is InChI=1S/C22H21Cl2NO5/c1-14-18(15(2)30-25-14)13-29-17-8-6-16(7-9-17)12-21(26)27-10-11-28-22-19(23)4-3-5-20(22)24/h3-9H,10-13H2,1-2H3. The fourth-order valence-electron chi connectivity index (χ4n) is 2.70. The van der Waals surface area contributed by atoms with Crippen LogP contribution in [0.1, 0.15) is 22.6 Å². The highest BCUT2D eigenvalue weighted by Gasteiger charge is 2.11. The van der Waals surface area contributed by atoms with E-state index in [1.165, 1.54) is 0 Å². The molecule has 0 fully saturated rings. The summed E-state index contributed by atoms with van der Waals surface area (Å²) in [5, 5.41) is 4.72. The van der Waals surface area contributed by atoms with E-state index in [-0.39, 0.29) is 25.6 Å². The maximum absolute atomic E-state index is 12.0. The summed E-state index contributed by atoms with van der Waals surface area (Å²) in [4.78, 5) is 12.0. The maximum atomic E-state index is 12.0. The lowest BCUT2D eigenvalue weighted by Crippen LogP contribution is -2.14. The highest BCUT2D eigenvalue weighted by Crippen LogP contribution is 2.32. The van der Waals surface area contributed by atoms with Gasteiger partial charge in [-0.1, -0.05) is 46.6 Å². The number of benzene rings is 2. The molecule has 0 aliphatic carbocycles. The first-order valence-electron chi connectivity index (χ1n) is 9.30. The van der Waals surface area contributed by atoms with E-state index in [0.717, 1.165) is 22.6 Å². The lowest BCUT2D eigenvalue weighted by Gasteiger charge is -2.10. The van der Waals surface area contributed by atoms with Gasteiger partial charge >= 0.3 is 5.97 Å². The Morgan fingerprint density at radius 2 is 1.70 bits per heavy atom. The molecule has 6 nitrogen and oxygen atoms in total. The van der Waals surface area contributed by atoms with Crippen LogP contribution in [0.5, 0.6) is 11.5 Å². The number of nitrogens with zero attached hydrogens (tertiary/aromatic N) is 1. The summed E-state index contributed by atoms with van der Waals surface area (Å²) in [6.07, 6.45) is 0.150. The smallest absolute Gasteiger partial charge is 0.310 e. The maximum Gasteiger partial charge on any atom is 0.310 e. The van der Waals surface area contributed by atoms with Crippen molar-refractivity contribution in [1.29, 1.82) is 0 Å². The first-order chi connectivity index (χ1) is 14.4. The van der Waals surface area contributed by atoms with E-state index in [1.807, 2.05) is 38.1 Å². The summed E-state index contributed by atoms with van der Waals surface area (Å²) in [7, 11) is 0. The second-order valence-electron chi connectivity index (χ2n) is 6.53. The number of esters is 1. The molecule has 1 aromatic heterocycles. The van der Waals surface area contributed by atoms with Gasteiger partial charge in [0.15, 0.2) is 5.75 Å². The molecular formula is C22H21Cl2NO5. The Kier molecular flexibility index (Phi) is 7.60. The first-order valence-corrected chi connectivity index (χ1v) is 10.1. The Morgan fingerprint density at radius 1 is 1.00 bits per heavy atom. The van der Waals surface area contributed by atoms with E-state index in [2.05, 4.69) is 5.16 Å². The number of carbonyl (C=O) groups excluding carboxylic acids is 1. The Balaban J connectivity index is 1.41. The molecule has 8 heteroatoms. The molecule has 0 saturated heterocycles. The van der Waals surface area contributed by atoms with E-state index < -0.39 is 0 Å². The van der Waals surface area contributed by atoms with Crippen LogP contribution in [0.15, 0.2) is 47.0 Å². The minimum absolute atomic E-state index is 0.0962. The largest absolute Gasteiger partial charge is 0.489 e. The predicted molar refractivity (Wildman–Crippen MR) is 113 cm³/mol. The molecule has 0 amide bonds. The highest BCUT2D eigenvalue weighted by atomic mass is 35.5. The van der Waals surface area contributed by atoms with Crippen LogP contribution < -0.4 is 9.47 Å². The summed E-state index contributed by atoms with van der Waals surface area (Å²) in [5.74, 6) is 1.46. The van der Waals surface area contributed by atoms with E-state index >= 15 is 0 Å². The minimum Gasteiger partial charge on any atom is -0.489 e. The quantitative estimate of drug-likeness (QED) is 0.324. The zero-order chi connectivity index (χ0) is 21.5. The lowest BCUT2D eigenvalue weighted by atomic mass is 10.1. The fourth-order valence-corrected chi connectivity index (χ4v) is 3.21. The molecule has 0 N–H and O–H groups in total. The van der Waals surface area contributed by atoms with Gasteiger partial charge in [0, 0.05) is 0 Å². The van der Waals surface area contributed by atoms with Crippen molar-refractivity contribution in [1.82, 2.24) is 5.16 Å². The molecule has 30 heavy (non-hydrogen) atoms. The average Bonchev–Trinajstić information content (AvgIpc) is 3.04. The molecule has 0 saturated carbocycles. The lowest BCUT2D eigenvalue weighted by molar-refractivity contribution is -0.143. The summed E-state index contributed by atoms with van der Waals surface area (Å²) in [6, 6.07) is 12.3. The van der Waals surface area contributed by atoms with Gasteiger partial charge in [-0.25, -0.2) is 0 Å². The van der Waals surface area contributed by atoms with Crippen LogP contribution in [0.4, 0.5) is 0 Å². The van der Waals surface area contributed by atoms with Crippen molar-refractivity contribution in [2.24, 2.45) is 0 Å². The van der Waals surface area contributed by atoms with E-state index in [4.69, 9.17) is 41.9 Å². The Morgan fingerprint density at radius 3 is 2.33 bits per heavy atom. The van der Waals surface area contributed by atoms with Crippen LogP contribution in [-0.4, -0.2) is 24.3 Å². The Bertz CT molecular complexity index is 962. The monoisotopic (exact) mass is 449 g/mol. The third-order valence-electron chi connectivity index (χ3n) is 4.35. The molecule has 0 spiro atoms. The summed E-state index contributed by atoms with van der Waals surface area (Å²) < 4.78 is 21.6. The Labute approximate surface area is 184 Å². The topological polar surface area (TPSA) is 70.8 Å². The van der Waals surface area contributed by atoms with Crippen molar-refractivity contribution in [3.8, 4) is 11.5 Å². The van der Waals surface area contributed by atoms with E-state index in [0.29, 0.717) is 28.2 Å². The van der Waals surface area contributed by atoms with Gasteiger partial charge in [0.25, 0.3) is 0 Å². The zero-order valence-electron chi connectivity index (χ0n) is 16.6. The molecule has 3 aromatic rings. The summed E-state index contributed by atoms with van der Waals surface area (Å²) in [6.45, 7) is 4.35. The van der Waals surface area contributed by atoms with Crippen LogP contribution in [0.2, 0.25) is 10.0 Å². The number of para-hydroxylation sites is 1. The van der Waals surface area contributed by atoms with Crippen molar-refractivity contribution in [3.05, 3.63) is 75.1 Å². The number of aryl methyl sites for hydroxylation is 2. The molecule has 1 heterocycles. The molecular weight excluding hydrogens is 429 g/mol. The van der Waals surface area contributed by atoms with Gasteiger partial charge in [-0.15, -0.1) is 0 Å². The average molecular weight is 450 g/mol. The van der Waals surface area contributed by atoms with Gasteiger partial charge in [0.05, 0.1) is 27.7 Å². The SMILES string of the molecule is Cc1noc(C)c1COc1ccc(CC(=O)OCCOc2c(Cl)cccc2Cl)cc1. The van der Waals surface area contributed by atoms with Gasteiger partial charge < -0.3 is 18.7 Å². The van der Waals surface area contributed by atoms with Crippen molar-refractivity contribution in [2.75, 3.05) is 13.2 Å². The van der Waals surface area contributed by atoms with E-state index in [1.54, 1.807) is 18.2 Å². The first kappa shape index (κ1) is 22.0. The number of rotatable bonds is 9. The van der Waals surface area contributed by atoms with Gasteiger partial charge in [0.1, 0.15) is 31.3 Å². The van der Waals surface area contributed by atoms with Crippen LogP contribution in [0, 0.1) is 13.8 Å². The molecule has 2 aromatic carbocycles. The number of hydrogen-bond donors (Lipinski definition) is 0. The second kappa shape index (κ2) is 10.4. The predicted octanol–water partition coefficient (Wildman–Crippen LogP) is 5.34. The van der Waals surface area contributed by atoms with Crippen molar-refractivity contribution >= 4 is 29.2 Å². The third-order valence-corrected chi connectivity index (χ3v) is 4.94. The molecule has 0 atom stereocenters. The van der Waals surface area contributed by atoms with Crippen LogP contribution >= 0.6 is 23.2 Å². The van der Waals surface area contributed by atoms with Crippen molar-refractivity contribution in [2.45, 2.75) is 26.9 Å². The highest BCUT2D eigenvalue weighted by molar-refractivity contribution is 6.37. The normalized spacial score (nSPS) is 10.7. The van der Waals surface area contributed by atoms with Crippen molar-refractivity contribution in [3.63, 3.8) is 0 Å². The van der Waals surface area contributed by atoms with Gasteiger partial charge in [0.2, 0.25) is 0 Å². The number of carbonyl (C=O) groups is 1. The molecule has 0 radical (unpaired) electrons. The summed E-state index contributed by atoms with van der Waals surface area (Å²) in [5.41, 5.74) is 2.57. The molecule has 0 bridgehead atoms. The molecule has 0 aliphatic rings. The minimum atomic E-state index is -0.353. The number of aromatic nitrogens is 1. The van der Waals surface area contributed by atoms with Crippen molar-refractivity contribution < 1.29 is 23.5 Å². The van der Waals surface area contributed by atoms with Gasteiger partial charge in [-0.3, -0.25) is 4.79 Å². The number of hydrogen-bond acceptors (Lipinski definition) is 6. The second-order valence-corrected chi connectivity index (χ2v) is 7.35. The van der Waals surface area contributed by atoms with Gasteiger partial charge in [-0.05, 0) is 43.7 Å². The summed E-state index contributed by atoms with van der Waals surface area (Å²) >= 11 is 12.0. The molecule has 0 aliphatic heterocycles. The number of ether oxygens (including phenoxy) is 3. The number of halogens is 2. The zero-order valence-corrected chi connectivity index (χ0v) is 18.1. The molecule has 158 valence electrons. The van der Waals surface area contributed by atoms with Crippen LogP contribution in [-0.2, 0) is 22.6 Å². The van der Waals surface area contributed by atoms with Crippen LogP contribution in [0.25, 0.3) is 0 Å². The third kappa shape index (κ3) is 5.90. The fraction of sp³-hybridized carbons (Fsp3) is 0.273. The molecule has 3 rings (SSSR count). The van der Waals surface area contributed by atoms with Gasteiger partial charge in [-0.2, -0.15) is 0 Å². The molecule has 0 unspecified atom stereocenters. The Hall–Kier alpha value is -2.70.